The van der Waals surface area contributed by atoms with E-state index in [0.29, 0.717) is 27.9 Å². The van der Waals surface area contributed by atoms with Gasteiger partial charge in [-0.3, -0.25) is 4.79 Å². The first-order chi connectivity index (χ1) is 12.9. The molecule has 0 spiro atoms. The van der Waals surface area contributed by atoms with E-state index in [4.69, 9.17) is 16.9 Å². The van der Waals surface area contributed by atoms with Crippen molar-refractivity contribution in [2.75, 3.05) is 10.6 Å². The van der Waals surface area contributed by atoms with Gasteiger partial charge in [-0.15, -0.1) is 0 Å². The molecular weight excluding hydrogens is 362 g/mol. The molecule has 0 atom stereocenters. The SMILES string of the molecule is Cc1cc(C(=O)Nc2ccc(Cl)cc2C)nc(Nc2ccc(C#N)cc2)n1. The maximum Gasteiger partial charge on any atom is 0.274 e. The average molecular weight is 378 g/mol. The number of amides is 1. The zero-order valence-electron chi connectivity index (χ0n) is 14.7. The molecule has 0 radical (unpaired) electrons. The molecule has 0 saturated carbocycles. The van der Waals surface area contributed by atoms with Gasteiger partial charge in [-0.1, -0.05) is 11.6 Å². The number of aryl methyl sites for hydroxylation is 2. The van der Waals surface area contributed by atoms with Crippen molar-refractivity contribution in [2.24, 2.45) is 0 Å². The minimum Gasteiger partial charge on any atom is -0.324 e. The summed E-state index contributed by atoms with van der Waals surface area (Å²) in [4.78, 5) is 21.2. The molecular formula is C20H16ClN5O. The highest BCUT2D eigenvalue weighted by atomic mass is 35.5. The van der Waals surface area contributed by atoms with Crippen molar-refractivity contribution >= 4 is 34.8 Å². The molecule has 0 aliphatic heterocycles. The summed E-state index contributed by atoms with van der Waals surface area (Å²) in [6, 6.07) is 15.8. The van der Waals surface area contributed by atoms with Crippen LogP contribution in [0.1, 0.15) is 27.3 Å². The normalized spacial score (nSPS) is 10.1. The Morgan fingerprint density at radius 2 is 1.81 bits per heavy atom. The van der Waals surface area contributed by atoms with Crippen molar-refractivity contribution in [3.63, 3.8) is 0 Å². The van der Waals surface area contributed by atoms with Crippen LogP contribution >= 0.6 is 11.6 Å². The molecule has 0 saturated heterocycles. The average Bonchev–Trinajstić information content (AvgIpc) is 2.64. The van der Waals surface area contributed by atoms with Crippen LogP contribution in [0.25, 0.3) is 0 Å². The lowest BCUT2D eigenvalue weighted by Crippen LogP contribution is -2.16. The van der Waals surface area contributed by atoms with E-state index >= 15 is 0 Å². The lowest BCUT2D eigenvalue weighted by Gasteiger charge is -2.10. The quantitative estimate of drug-likeness (QED) is 0.692. The van der Waals surface area contributed by atoms with Crippen molar-refractivity contribution < 1.29 is 4.79 Å². The van der Waals surface area contributed by atoms with Crippen molar-refractivity contribution in [3.05, 3.63) is 76.1 Å². The Morgan fingerprint density at radius 1 is 1.07 bits per heavy atom. The molecule has 27 heavy (non-hydrogen) atoms. The molecule has 7 heteroatoms. The number of aromatic nitrogens is 2. The Bertz CT molecular complexity index is 1040. The van der Waals surface area contributed by atoms with Gasteiger partial charge >= 0.3 is 0 Å². The minimum absolute atomic E-state index is 0.244. The predicted molar refractivity (Wildman–Crippen MR) is 105 cm³/mol. The fourth-order valence-corrected chi connectivity index (χ4v) is 2.68. The molecule has 134 valence electrons. The molecule has 3 aromatic rings. The summed E-state index contributed by atoms with van der Waals surface area (Å²) in [7, 11) is 0. The third kappa shape index (κ3) is 4.60. The fourth-order valence-electron chi connectivity index (χ4n) is 2.45. The van der Waals surface area contributed by atoms with E-state index < -0.39 is 0 Å². The van der Waals surface area contributed by atoms with Crippen molar-refractivity contribution in [1.29, 1.82) is 5.26 Å². The fraction of sp³-hybridized carbons (Fsp3) is 0.100. The Kier molecular flexibility index (Phi) is 5.34. The number of halogens is 1. The summed E-state index contributed by atoms with van der Waals surface area (Å²) in [5.41, 5.74) is 3.70. The highest BCUT2D eigenvalue weighted by molar-refractivity contribution is 6.30. The van der Waals surface area contributed by atoms with Crippen LogP contribution in [-0.4, -0.2) is 15.9 Å². The highest BCUT2D eigenvalue weighted by Crippen LogP contribution is 2.21. The van der Waals surface area contributed by atoms with Gasteiger partial charge in [0.25, 0.3) is 5.91 Å². The lowest BCUT2D eigenvalue weighted by molar-refractivity contribution is 0.102. The van der Waals surface area contributed by atoms with E-state index in [1.165, 1.54) is 0 Å². The van der Waals surface area contributed by atoms with Gasteiger partial charge in [0, 0.05) is 22.1 Å². The standard InChI is InChI=1S/C20H16ClN5O/c1-12-9-15(21)5-8-17(12)25-19(27)18-10-13(2)23-20(26-18)24-16-6-3-14(11-22)4-7-16/h3-10H,1-2H3,(H,25,27)(H,23,24,26). The number of nitriles is 1. The second-order valence-electron chi connectivity index (χ2n) is 5.95. The van der Waals surface area contributed by atoms with E-state index in [9.17, 15) is 4.79 Å². The van der Waals surface area contributed by atoms with E-state index in [-0.39, 0.29) is 11.6 Å². The molecule has 2 N–H and O–H groups in total. The largest absolute Gasteiger partial charge is 0.324 e. The minimum atomic E-state index is -0.339. The topological polar surface area (TPSA) is 90.7 Å². The zero-order chi connectivity index (χ0) is 19.4. The Balaban J connectivity index is 1.81. The smallest absolute Gasteiger partial charge is 0.274 e. The van der Waals surface area contributed by atoms with E-state index in [1.807, 2.05) is 6.92 Å². The number of anilines is 3. The van der Waals surface area contributed by atoms with Crippen LogP contribution in [0, 0.1) is 25.2 Å². The molecule has 0 unspecified atom stereocenters. The molecule has 3 rings (SSSR count). The van der Waals surface area contributed by atoms with Gasteiger partial charge in [0.15, 0.2) is 0 Å². The summed E-state index contributed by atoms with van der Waals surface area (Å²) in [5, 5.41) is 15.3. The second kappa shape index (κ2) is 7.85. The van der Waals surface area contributed by atoms with Crippen LogP contribution in [0.4, 0.5) is 17.3 Å². The summed E-state index contributed by atoms with van der Waals surface area (Å²) in [6.07, 6.45) is 0. The van der Waals surface area contributed by atoms with Gasteiger partial charge in [-0.2, -0.15) is 5.26 Å². The van der Waals surface area contributed by atoms with Crippen LogP contribution < -0.4 is 10.6 Å². The van der Waals surface area contributed by atoms with Gasteiger partial charge in [0.1, 0.15) is 5.69 Å². The second-order valence-corrected chi connectivity index (χ2v) is 6.38. The first kappa shape index (κ1) is 18.4. The van der Waals surface area contributed by atoms with Gasteiger partial charge < -0.3 is 10.6 Å². The van der Waals surface area contributed by atoms with Gasteiger partial charge in [-0.05, 0) is 67.9 Å². The highest BCUT2D eigenvalue weighted by Gasteiger charge is 2.12. The number of rotatable bonds is 4. The Labute approximate surface area is 161 Å². The summed E-state index contributed by atoms with van der Waals surface area (Å²) < 4.78 is 0. The van der Waals surface area contributed by atoms with Crippen LogP contribution in [-0.2, 0) is 0 Å². The zero-order valence-corrected chi connectivity index (χ0v) is 15.5. The van der Waals surface area contributed by atoms with E-state index in [2.05, 4.69) is 26.7 Å². The van der Waals surface area contributed by atoms with Crippen molar-refractivity contribution in [2.45, 2.75) is 13.8 Å². The Hall–Kier alpha value is -3.43. The number of carbonyl (C=O) groups is 1. The maximum atomic E-state index is 12.6. The number of benzene rings is 2. The molecule has 0 aliphatic rings. The maximum absolute atomic E-state index is 12.6. The van der Waals surface area contributed by atoms with Crippen LogP contribution in [0.5, 0.6) is 0 Å². The number of nitrogens with zero attached hydrogens (tertiary/aromatic N) is 3. The van der Waals surface area contributed by atoms with E-state index in [1.54, 1.807) is 55.5 Å². The number of carbonyl (C=O) groups excluding carboxylic acids is 1. The number of hydrogen-bond donors (Lipinski definition) is 2. The molecule has 1 heterocycles. The molecule has 0 aliphatic carbocycles. The number of nitrogens with one attached hydrogen (secondary N) is 2. The summed E-state index contributed by atoms with van der Waals surface area (Å²) in [5.74, 6) is -0.0357. The predicted octanol–water partition coefficient (Wildman–Crippen LogP) is 4.61. The third-order valence-corrected chi connectivity index (χ3v) is 4.03. The molecule has 6 nitrogen and oxygen atoms in total. The third-order valence-electron chi connectivity index (χ3n) is 3.79. The van der Waals surface area contributed by atoms with Crippen molar-refractivity contribution in [3.8, 4) is 6.07 Å². The first-order valence-corrected chi connectivity index (χ1v) is 8.53. The van der Waals surface area contributed by atoms with Crippen LogP contribution in [0.3, 0.4) is 0 Å². The number of hydrogen-bond acceptors (Lipinski definition) is 5. The van der Waals surface area contributed by atoms with Gasteiger partial charge in [0.05, 0.1) is 11.6 Å². The summed E-state index contributed by atoms with van der Waals surface area (Å²) in [6.45, 7) is 3.65. The molecule has 0 bridgehead atoms. The Morgan fingerprint density at radius 3 is 2.48 bits per heavy atom. The van der Waals surface area contributed by atoms with Crippen LogP contribution in [0.15, 0.2) is 48.5 Å². The van der Waals surface area contributed by atoms with Crippen LogP contribution in [0.2, 0.25) is 5.02 Å². The van der Waals surface area contributed by atoms with Gasteiger partial charge in [0.2, 0.25) is 5.95 Å². The molecule has 0 fully saturated rings. The van der Waals surface area contributed by atoms with E-state index in [0.717, 1.165) is 11.3 Å². The molecule has 1 amide bonds. The van der Waals surface area contributed by atoms with Crippen molar-refractivity contribution in [1.82, 2.24) is 9.97 Å². The lowest BCUT2D eigenvalue weighted by atomic mass is 10.2. The summed E-state index contributed by atoms with van der Waals surface area (Å²) >= 11 is 5.95. The monoisotopic (exact) mass is 377 g/mol. The first-order valence-electron chi connectivity index (χ1n) is 8.15. The molecule has 2 aromatic carbocycles. The van der Waals surface area contributed by atoms with Gasteiger partial charge in [-0.25, -0.2) is 9.97 Å². The molecule has 1 aromatic heterocycles.